The molecule has 3 aromatic carbocycles. The average Bonchev–Trinajstić information content (AvgIpc) is 3.27. The molecular weight excluding hydrogens is 428 g/mol. The summed E-state index contributed by atoms with van der Waals surface area (Å²) >= 11 is 0. The van der Waals surface area contributed by atoms with Crippen LogP contribution in [0, 0.1) is 0 Å². The number of nitrogens with zero attached hydrogens (tertiary/aromatic N) is 1. The average molecular weight is 453 g/mol. The zero-order valence-electron chi connectivity index (χ0n) is 17.7. The minimum Gasteiger partial charge on any atom is -0.497 e. The van der Waals surface area contributed by atoms with Gasteiger partial charge in [0.05, 0.1) is 17.7 Å². The van der Waals surface area contributed by atoms with E-state index in [1.807, 2.05) is 48.5 Å². The molecule has 1 heterocycles. The monoisotopic (exact) mass is 452 g/mol. The predicted octanol–water partition coefficient (Wildman–Crippen LogP) is 3.14. The van der Waals surface area contributed by atoms with Gasteiger partial charge in [-0.25, -0.2) is 8.42 Å². The van der Waals surface area contributed by atoms with Crippen LogP contribution < -0.4 is 19.1 Å². The Morgan fingerprint density at radius 2 is 1.66 bits per heavy atom. The molecule has 32 heavy (non-hydrogen) atoms. The van der Waals surface area contributed by atoms with E-state index in [0.29, 0.717) is 25.3 Å². The van der Waals surface area contributed by atoms with Crippen molar-refractivity contribution < 1.29 is 22.7 Å². The summed E-state index contributed by atoms with van der Waals surface area (Å²) in [6.45, 7) is 0.636. The van der Waals surface area contributed by atoms with Gasteiger partial charge in [0.2, 0.25) is 0 Å². The highest BCUT2D eigenvalue weighted by Gasteiger charge is 2.30. The minimum absolute atomic E-state index is 0.165. The normalized spacial score (nSPS) is 12.8. The van der Waals surface area contributed by atoms with E-state index < -0.39 is 10.0 Å². The number of anilines is 1. The molecule has 4 rings (SSSR count). The number of carbonyl (C=O) groups is 1. The third kappa shape index (κ3) is 4.70. The van der Waals surface area contributed by atoms with Gasteiger partial charge in [0.25, 0.3) is 15.9 Å². The molecule has 0 atom stereocenters. The SMILES string of the molecule is COc1ccc(CNC(=O)COc2ccc(S(=O)(=O)N3CCc4ccccc43)cc2)cc1. The third-order valence-corrected chi connectivity index (χ3v) is 7.10. The molecule has 0 bridgehead atoms. The molecule has 7 nitrogen and oxygen atoms in total. The molecule has 166 valence electrons. The van der Waals surface area contributed by atoms with Gasteiger partial charge < -0.3 is 14.8 Å². The van der Waals surface area contributed by atoms with Gasteiger partial charge >= 0.3 is 0 Å². The largest absolute Gasteiger partial charge is 0.497 e. The van der Waals surface area contributed by atoms with Crippen molar-refractivity contribution in [2.45, 2.75) is 17.9 Å². The zero-order chi connectivity index (χ0) is 22.6. The van der Waals surface area contributed by atoms with E-state index in [2.05, 4.69) is 5.32 Å². The van der Waals surface area contributed by atoms with Crippen LogP contribution >= 0.6 is 0 Å². The Bertz CT molecular complexity index is 1190. The Balaban J connectivity index is 1.32. The standard InChI is InChI=1S/C24H24N2O5S/c1-30-20-8-6-18(7-9-20)16-25-24(27)17-31-21-10-12-22(13-11-21)32(28,29)26-15-14-19-4-2-3-5-23(19)26/h2-13H,14-17H2,1H3,(H,25,27). The van der Waals surface area contributed by atoms with E-state index in [9.17, 15) is 13.2 Å². The first-order valence-corrected chi connectivity index (χ1v) is 11.6. The number of para-hydroxylation sites is 1. The number of ether oxygens (including phenoxy) is 2. The van der Waals surface area contributed by atoms with Crippen molar-refractivity contribution in [3.05, 3.63) is 83.9 Å². The highest BCUT2D eigenvalue weighted by atomic mass is 32.2. The number of rotatable bonds is 8. The van der Waals surface area contributed by atoms with E-state index in [1.165, 1.54) is 16.4 Å². The smallest absolute Gasteiger partial charge is 0.264 e. The molecule has 0 aromatic heterocycles. The molecule has 1 amide bonds. The Morgan fingerprint density at radius 3 is 2.38 bits per heavy atom. The van der Waals surface area contributed by atoms with Crippen LogP contribution in [-0.2, 0) is 27.8 Å². The molecule has 0 radical (unpaired) electrons. The number of amides is 1. The molecule has 0 fully saturated rings. The lowest BCUT2D eigenvalue weighted by Gasteiger charge is -2.19. The highest BCUT2D eigenvalue weighted by molar-refractivity contribution is 7.92. The van der Waals surface area contributed by atoms with Gasteiger partial charge in [0.15, 0.2) is 6.61 Å². The van der Waals surface area contributed by atoms with Gasteiger partial charge in [-0.2, -0.15) is 0 Å². The molecule has 0 unspecified atom stereocenters. The fourth-order valence-electron chi connectivity index (χ4n) is 3.54. The maximum absolute atomic E-state index is 13.0. The minimum atomic E-state index is -3.65. The second-order valence-electron chi connectivity index (χ2n) is 7.34. The molecule has 0 saturated heterocycles. The van der Waals surface area contributed by atoms with Crippen LogP contribution in [0.4, 0.5) is 5.69 Å². The Hall–Kier alpha value is -3.52. The molecule has 0 aliphatic carbocycles. The summed E-state index contributed by atoms with van der Waals surface area (Å²) < 4.78 is 38.1. The first-order chi connectivity index (χ1) is 15.5. The maximum atomic E-state index is 13.0. The van der Waals surface area contributed by atoms with E-state index in [0.717, 1.165) is 22.6 Å². The fourth-order valence-corrected chi connectivity index (χ4v) is 5.04. The summed E-state index contributed by atoms with van der Waals surface area (Å²) in [6, 6.07) is 21.0. The lowest BCUT2D eigenvalue weighted by Crippen LogP contribution is -2.29. The Morgan fingerprint density at radius 1 is 0.969 bits per heavy atom. The van der Waals surface area contributed by atoms with Crippen molar-refractivity contribution in [3.63, 3.8) is 0 Å². The van der Waals surface area contributed by atoms with Crippen molar-refractivity contribution in [2.75, 3.05) is 24.6 Å². The van der Waals surface area contributed by atoms with Crippen LogP contribution in [0.5, 0.6) is 11.5 Å². The van der Waals surface area contributed by atoms with Crippen LogP contribution in [0.15, 0.2) is 77.7 Å². The van der Waals surface area contributed by atoms with E-state index in [1.54, 1.807) is 19.2 Å². The number of hydrogen-bond acceptors (Lipinski definition) is 5. The summed E-state index contributed by atoms with van der Waals surface area (Å²) in [5.74, 6) is 0.902. The van der Waals surface area contributed by atoms with Crippen LogP contribution in [0.1, 0.15) is 11.1 Å². The number of fused-ring (bicyclic) bond motifs is 1. The fraction of sp³-hybridized carbons (Fsp3) is 0.208. The quantitative estimate of drug-likeness (QED) is 0.568. The molecule has 0 saturated carbocycles. The van der Waals surface area contributed by atoms with Crippen molar-refractivity contribution in [3.8, 4) is 11.5 Å². The van der Waals surface area contributed by atoms with Crippen molar-refractivity contribution in [1.82, 2.24) is 5.32 Å². The van der Waals surface area contributed by atoms with Gasteiger partial charge in [-0.15, -0.1) is 0 Å². The third-order valence-electron chi connectivity index (χ3n) is 5.27. The topological polar surface area (TPSA) is 84.9 Å². The first kappa shape index (κ1) is 21.7. The number of carbonyl (C=O) groups excluding carboxylic acids is 1. The van der Waals surface area contributed by atoms with Crippen LogP contribution in [-0.4, -0.2) is 34.6 Å². The van der Waals surface area contributed by atoms with Crippen molar-refractivity contribution in [2.24, 2.45) is 0 Å². The second-order valence-corrected chi connectivity index (χ2v) is 9.20. The molecule has 3 aromatic rings. The molecule has 0 spiro atoms. The van der Waals surface area contributed by atoms with Gasteiger partial charge in [-0.1, -0.05) is 30.3 Å². The number of benzene rings is 3. The summed E-state index contributed by atoms with van der Waals surface area (Å²) in [4.78, 5) is 12.3. The first-order valence-electron chi connectivity index (χ1n) is 10.2. The summed E-state index contributed by atoms with van der Waals surface area (Å²) in [7, 11) is -2.06. The van der Waals surface area contributed by atoms with Crippen LogP contribution in [0.3, 0.4) is 0 Å². The number of sulfonamides is 1. The van der Waals surface area contributed by atoms with Gasteiger partial charge in [0, 0.05) is 13.1 Å². The van der Waals surface area contributed by atoms with Gasteiger partial charge in [-0.05, 0) is 60.0 Å². The lowest BCUT2D eigenvalue weighted by molar-refractivity contribution is -0.123. The molecule has 1 aliphatic rings. The van der Waals surface area contributed by atoms with Crippen LogP contribution in [0.2, 0.25) is 0 Å². The zero-order valence-corrected chi connectivity index (χ0v) is 18.5. The highest BCUT2D eigenvalue weighted by Crippen LogP contribution is 2.33. The van der Waals surface area contributed by atoms with E-state index in [-0.39, 0.29) is 17.4 Å². The number of hydrogen-bond donors (Lipinski definition) is 1. The van der Waals surface area contributed by atoms with Crippen molar-refractivity contribution >= 4 is 21.6 Å². The van der Waals surface area contributed by atoms with Gasteiger partial charge in [0.1, 0.15) is 11.5 Å². The predicted molar refractivity (Wildman–Crippen MR) is 121 cm³/mol. The van der Waals surface area contributed by atoms with E-state index in [4.69, 9.17) is 9.47 Å². The lowest BCUT2D eigenvalue weighted by atomic mass is 10.2. The van der Waals surface area contributed by atoms with E-state index >= 15 is 0 Å². The molecule has 8 heteroatoms. The Labute approximate surface area is 187 Å². The summed E-state index contributed by atoms with van der Waals surface area (Å²) in [6.07, 6.45) is 0.697. The number of methoxy groups -OCH3 is 1. The molecular formula is C24H24N2O5S. The van der Waals surface area contributed by atoms with Gasteiger partial charge in [-0.3, -0.25) is 9.10 Å². The van der Waals surface area contributed by atoms with Crippen molar-refractivity contribution in [1.29, 1.82) is 0 Å². The summed E-state index contributed by atoms with van der Waals surface area (Å²) in [5.41, 5.74) is 2.69. The second kappa shape index (κ2) is 9.32. The Kier molecular flexibility index (Phi) is 6.32. The molecule has 1 N–H and O–H groups in total. The molecule has 1 aliphatic heterocycles. The summed E-state index contributed by atoms with van der Waals surface area (Å²) in [5, 5.41) is 2.78. The van der Waals surface area contributed by atoms with Crippen LogP contribution in [0.25, 0.3) is 0 Å². The maximum Gasteiger partial charge on any atom is 0.264 e. The number of nitrogens with one attached hydrogen (secondary N) is 1.